The number of likely N-dealkylation sites (tertiary alicyclic amines) is 1. The molecule has 1 aliphatic rings. The minimum Gasteiger partial charge on any atom is -0.392 e. The topological polar surface area (TPSA) is 36.4 Å². The van der Waals surface area contributed by atoms with Gasteiger partial charge in [0, 0.05) is 31.2 Å². The van der Waals surface area contributed by atoms with E-state index in [0.29, 0.717) is 0 Å². The Morgan fingerprint density at radius 3 is 2.94 bits per heavy atom. The monoisotopic (exact) mass is 220 g/mol. The highest BCUT2D eigenvalue weighted by molar-refractivity contribution is 5.04. The number of hydrogen-bond acceptors (Lipinski definition) is 3. The van der Waals surface area contributed by atoms with E-state index < -0.39 is 0 Å². The molecule has 1 N–H and O–H groups in total. The first kappa shape index (κ1) is 11.6. The van der Waals surface area contributed by atoms with Gasteiger partial charge >= 0.3 is 0 Å². The zero-order valence-electron chi connectivity index (χ0n) is 10.1. The van der Waals surface area contributed by atoms with E-state index in [1.807, 2.05) is 18.3 Å². The van der Waals surface area contributed by atoms with Gasteiger partial charge in [0.05, 0.1) is 11.8 Å². The van der Waals surface area contributed by atoms with E-state index in [4.69, 9.17) is 0 Å². The highest BCUT2D eigenvalue weighted by atomic mass is 16.3. The number of hydrogen-bond donors (Lipinski definition) is 1. The fraction of sp³-hybridized carbons (Fsp3) is 0.615. The van der Waals surface area contributed by atoms with Crippen molar-refractivity contribution in [2.45, 2.75) is 32.9 Å². The molecule has 1 saturated heterocycles. The van der Waals surface area contributed by atoms with Crippen molar-refractivity contribution in [3.8, 4) is 0 Å². The number of pyridine rings is 1. The number of piperidine rings is 1. The molecule has 0 aromatic carbocycles. The molecule has 0 radical (unpaired) electrons. The standard InChI is InChI=1S/C13H20N2O/c1-13(2)10-15(8-6-12(13)16)9-11-5-3-4-7-14-11/h3-5,7,12,16H,6,8-10H2,1-2H3. The molecule has 2 rings (SSSR count). The van der Waals surface area contributed by atoms with E-state index in [2.05, 4.69) is 29.8 Å². The van der Waals surface area contributed by atoms with E-state index in [-0.39, 0.29) is 11.5 Å². The molecule has 1 unspecified atom stereocenters. The number of rotatable bonds is 2. The van der Waals surface area contributed by atoms with Crippen molar-refractivity contribution in [3.05, 3.63) is 30.1 Å². The normalized spacial score (nSPS) is 25.6. The maximum absolute atomic E-state index is 9.88. The number of aliphatic hydroxyl groups is 1. The van der Waals surface area contributed by atoms with Crippen LogP contribution in [0.1, 0.15) is 26.0 Å². The van der Waals surface area contributed by atoms with Crippen LogP contribution in [0.2, 0.25) is 0 Å². The maximum Gasteiger partial charge on any atom is 0.0615 e. The largest absolute Gasteiger partial charge is 0.392 e. The van der Waals surface area contributed by atoms with E-state index in [1.54, 1.807) is 0 Å². The Morgan fingerprint density at radius 2 is 2.31 bits per heavy atom. The molecule has 0 aliphatic carbocycles. The van der Waals surface area contributed by atoms with Gasteiger partial charge in [0.2, 0.25) is 0 Å². The molecular formula is C13H20N2O. The molecular weight excluding hydrogens is 200 g/mol. The van der Waals surface area contributed by atoms with E-state index in [0.717, 1.165) is 31.7 Å². The van der Waals surface area contributed by atoms with Crippen molar-refractivity contribution in [2.24, 2.45) is 5.41 Å². The van der Waals surface area contributed by atoms with E-state index >= 15 is 0 Å². The van der Waals surface area contributed by atoms with Crippen LogP contribution in [0.5, 0.6) is 0 Å². The Hall–Kier alpha value is -0.930. The highest BCUT2D eigenvalue weighted by Gasteiger charge is 2.34. The van der Waals surface area contributed by atoms with Gasteiger partial charge < -0.3 is 5.11 Å². The lowest BCUT2D eigenvalue weighted by Gasteiger charge is -2.41. The van der Waals surface area contributed by atoms with Crippen LogP contribution < -0.4 is 0 Å². The molecule has 88 valence electrons. The molecule has 0 spiro atoms. The molecule has 1 aromatic heterocycles. The van der Waals surface area contributed by atoms with Gasteiger partial charge in [-0.05, 0) is 18.6 Å². The zero-order chi connectivity index (χ0) is 11.6. The fourth-order valence-electron chi connectivity index (χ4n) is 2.31. The van der Waals surface area contributed by atoms with Crippen LogP contribution in [0.4, 0.5) is 0 Å². The number of aromatic nitrogens is 1. The molecule has 3 nitrogen and oxygen atoms in total. The van der Waals surface area contributed by atoms with Crippen LogP contribution in [-0.2, 0) is 6.54 Å². The molecule has 1 aliphatic heterocycles. The van der Waals surface area contributed by atoms with Crippen LogP contribution in [-0.4, -0.2) is 34.2 Å². The van der Waals surface area contributed by atoms with E-state index in [9.17, 15) is 5.11 Å². The summed E-state index contributed by atoms with van der Waals surface area (Å²) in [6, 6.07) is 6.01. The Labute approximate surface area is 97.1 Å². The predicted octanol–water partition coefficient (Wildman–Crippen LogP) is 1.67. The zero-order valence-corrected chi connectivity index (χ0v) is 10.1. The second kappa shape index (κ2) is 4.52. The molecule has 1 atom stereocenters. The number of nitrogens with zero attached hydrogens (tertiary/aromatic N) is 2. The van der Waals surface area contributed by atoms with Crippen molar-refractivity contribution in [1.82, 2.24) is 9.88 Å². The van der Waals surface area contributed by atoms with Gasteiger partial charge in [0.25, 0.3) is 0 Å². The summed E-state index contributed by atoms with van der Waals surface area (Å²) in [5, 5.41) is 9.88. The van der Waals surface area contributed by atoms with Crippen molar-refractivity contribution in [3.63, 3.8) is 0 Å². The molecule has 3 heteroatoms. The third-order valence-electron chi connectivity index (χ3n) is 3.36. The predicted molar refractivity (Wildman–Crippen MR) is 63.9 cm³/mol. The summed E-state index contributed by atoms with van der Waals surface area (Å²) < 4.78 is 0. The van der Waals surface area contributed by atoms with Crippen LogP contribution in [0.15, 0.2) is 24.4 Å². The quantitative estimate of drug-likeness (QED) is 0.823. The summed E-state index contributed by atoms with van der Waals surface area (Å²) in [5.41, 5.74) is 1.10. The van der Waals surface area contributed by atoms with Gasteiger partial charge in [-0.15, -0.1) is 0 Å². The highest BCUT2D eigenvalue weighted by Crippen LogP contribution is 2.29. The summed E-state index contributed by atoms with van der Waals surface area (Å²) in [7, 11) is 0. The Balaban J connectivity index is 1.97. The first-order chi connectivity index (χ1) is 7.58. The molecule has 2 heterocycles. The SMILES string of the molecule is CC1(C)CN(Cc2ccccn2)CCC1O. The van der Waals surface area contributed by atoms with Gasteiger partial charge in [-0.25, -0.2) is 0 Å². The third kappa shape index (κ3) is 2.60. The van der Waals surface area contributed by atoms with Crippen molar-refractivity contribution >= 4 is 0 Å². The molecule has 0 bridgehead atoms. The smallest absolute Gasteiger partial charge is 0.0615 e. The van der Waals surface area contributed by atoms with Crippen molar-refractivity contribution in [1.29, 1.82) is 0 Å². The lowest BCUT2D eigenvalue weighted by Crippen LogP contribution is -2.48. The molecule has 16 heavy (non-hydrogen) atoms. The summed E-state index contributed by atoms with van der Waals surface area (Å²) in [6.07, 6.45) is 2.52. The lowest BCUT2D eigenvalue weighted by molar-refractivity contribution is -0.0273. The van der Waals surface area contributed by atoms with E-state index in [1.165, 1.54) is 0 Å². The van der Waals surface area contributed by atoms with Gasteiger partial charge in [-0.1, -0.05) is 19.9 Å². The molecule has 1 aromatic rings. The van der Waals surface area contributed by atoms with Crippen LogP contribution in [0.3, 0.4) is 0 Å². The van der Waals surface area contributed by atoms with Gasteiger partial charge in [-0.3, -0.25) is 9.88 Å². The summed E-state index contributed by atoms with van der Waals surface area (Å²) in [6.45, 7) is 7.04. The second-order valence-electron chi connectivity index (χ2n) is 5.32. The maximum atomic E-state index is 9.88. The summed E-state index contributed by atoms with van der Waals surface area (Å²) in [4.78, 5) is 6.71. The Kier molecular flexibility index (Phi) is 3.26. The summed E-state index contributed by atoms with van der Waals surface area (Å²) >= 11 is 0. The molecule has 0 saturated carbocycles. The van der Waals surface area contributed by atoms with Gasteiger partial charge in [0.1, 0.15) is 0 Å². The first-order valence-corrected chi connectivity index (χ1v) is 5.88. The van der Waals surface area contributed by atoms with Crippen LogP contribution in [0.25, 0.3) is 0 Å². The van der Waals surface area contributed by atoms with Gasteiger partial charge in [-0.2, -0.15) is 0 Å². The van der Waals surface area contributed by atoms with Gasteiger partial charge in [0.15, 0.2) is 0 Å². The second-order valence-corrected chi connectivity index (χ2v) is 5.32. The first-order valence-electron chi connectivity index (χ1n) is 5.88. The van der Waals surface area contributed by atoms with Crippen LogP contribution in [0, 0.1) is 5.41 Å². The molecule has 0 amide bonds. The van der Waals surface area contributed by atoms with Crippen LogP contribution >= 0.6 is 0 Å². The lowest BCUT2D eigenvalue weighted by atomic mass is 9.81. The van der Waals surface area contributed by atoms with Crippen molar-refractivity contribution in [2.75, 3.05) is 13.1 Å². The third-order valence-corrected chi connectivity index (χ3v) is 3.36. The Bertz CT molecular complexity index is 337. The molecule has 1 fully saturated rings. The number of aliphatic hydroxyl groups excluding tert-OH is 1. The Morgan fingerprint density at radius 1 is 1.50 bits per heavy atom. The summed E-state index contributed by atoms with van der Waals surface area (Å²) in [5.74, 6) is 0. The minimum atomic E-state index is -0.174. The average molecular weight is 220 g/mol. The average Bonchev–Trinajstić information content (AvgIpc) is 2.25. The minimum absolute atomic E-state index is 0.00691. The fourth-order valence-corrected chi connectivity index (χ4v) is 2.31. The van der Waals surface area contributed by atoms with Crippen molar-refractivity contribution < 1.29 is 5.11 Å².